The SMILES string of the molecule is CC(C)(C)c1ccc(C(C)(C)C)c2c1SC13c4c5c6c7c8c9c%10c%11c%12c%13c%14c%15c(c%16c%13c%10c7c4-%16)C21C1C%15C2c4c7c%10c%13c%15c%16c%17c%18c%19c%20c%21c%22c%23c(c4c4c%22c%19c%16c%104)C2C%14C%12C%23C%21C%11C9C%20C%18C8C6C%17C%15C5C3C%13C71. The van der Waals surface area contributed by atoms with Crippen LogP contribution in [0.1, 0.15) is 276 Å². The van der Waals surface area contributed by atoms with Gasteiger partial charge in [0, 0.05) is 10.3 Å². The highest BCUT2D eigenvalue weighted by molar-refractivity contribution is 8.00. The van der Waals surface area contributed by atoms with Crippen LogP contribution in [-0.2, 0) is 21.0 Å². The summed E-state index contributed by atoms with van der Waals surface area (Å²) in [6, 6.07) is 5.52. The standard InChI is InChI=1S/C74H40S/c1-71(2,3)9-7-8-10(72(4,5)6)70-65(9)73-66-57-49-39-29-21-13-11-12-15-19-17(13)25-33-27(19)37-31-23(15)24-16(12)20-18-14(11)22(21)30-36-26(18)34-28(20)38-32(24)42-41(31)53-47(37)55-45(33)51(43(49)35(25)29)59(66)61(55)68-63(53)64-54(42)48(38)56-46(34)52-44(36)50(40(30)39)58(57)67(73)60(52)62(56)69(64)74(68,73)75-70/h7-8,13,15,17,19,21,23,29,31,39-42,50,54,58,60,62,64,67,69H,1-6H3. The molecule has 0 nitrogen and oxygen atoms in total. The minimum atomic E-state index is -0.0373. The summed E-state index contributed by atoms with van der Waals surface area (Å²) < 4.78 is 0.00420. The molecule has 22 aliphatic carbocycles. The monoisotopic (exact) mass is 960 g/mol. The molecule has 0 saturated heterocycles. The highest BCUT2D eigenvalue weighted by atomic mass is 32.2. The third-order valence-corrected chi connectivity index (χ3v) is 33.7. The molecule has 0 N–H and O–H groups in total. The third kappa shape index (κ3) is 1.83. The number of hydrogen-bond donors (Lipinski definition) is 0. The van der Waals surface area contributed by atoms with E-state index in [0.29, 0.717) is 118 Å². The van der Waals surface area contributed by atoms with Crippen LogP contribution < -0.4 is 0 Å². The highest BCUT2D eigenvalue weighted by Crippen LogP contribution is 3.01. The molecule has 0 amide bonds. The van der Waals surface area contributed by atoms with Gasteiger partial charge in [-0.1, -0.05) is 53.7 Å². The van der Waals surface area contributed by atoms with Crippen LogP contribution in [0.15, 0.2) is 17.0 Å². The van der Waals surface area contributed by atoms with Crippen LogP contribution in [0.2, 0.25) is 0 Å². The molecule has 1 aliphatic heterocycles. The van der Waals surface area contributed by atoms with Crippen molar-refractivity contribution in [1.29, 1.82) is 0 Å². The molecule has 342 valence electrons. The van der Waals surface area contributed by atoms with E-state index in [2.05, 4.69) is 76.6 Å². The van der Waals surface area contributed by atoms with Crippen LogP contribution in [0.3, 0.4) is 0 Å². The zero-order valence-electron chi connectivity index (χ0n) is 42.1. The van der Waals surface area contributed by atoms with Crippen molar-refractivity contribution in [2.24, 2.45) is 11.8 Å². The Morgan fingerprint density at radius 2 is 0.560 bits per heavy atom. The highest BCUT2D eigenvalue weighted by Gasteiger charge is 2.90. The molecule has 0 aromatic heterocycles. The van der Waals surface area contributed by atoms with Crippen LogP contribution in [0.25, 0.3) is 97.3 Å². The molecule has 22 unspecified atom stereocenters. The Hall–Kier alpha value is -5.37. The van der Waals surface area contributed by atoms with Gasteiger partial charge in [-0.15, -0.1) is 11.8 Å². The van der Waals surface area contributed by atoms with Gasteiger partial charge in [0.15, 0.2) is 0 Å². The van der Waals surface area contributed by atoms with E-state index in [1.165, 1.54) is 0 Å². The Morgan fingerprint density at radius 1 is 0.280 bits per heavy atom. The first-order valence-electron chi connectivity index (χ1n) is 30.8. The normalized spacial score (nSPS) is 46.1. The van der Waals surface area contributed by atoms with E-state index in [1.807, 2.05) is 203 Å². The molecule has 75 heavy (non-hydrogen) atoms. The second-order valence-electron chi connectivity index (χ2n) is 33.5. The van der Waals surface area contributed by atoms with Crippen LogP contribution in [0.4, 0.5) is 0 Å². The van der Waals surface area contributed by atoms with Gasteiger partial charge in [0.25, 0.3) is 0 Å². The number of hydrogen-bond acceptors (Lipinski definition) is 1. The first kappa shape index (κ1) is 31.8. The van der Waals surface area contributed by atoms with Gasteiger partial charge in [0.1, 0.15) is 0 Å². The lowest BCUT2D eigenvalue weighted by Crippen LogP contribution is -2.62. The van der Waals surface area contributed by atoms with Crippen molar-refractivity contribution < 1.29 is 0 Å². The largest absolute Gasteiger partial charge is 0.112 e. The number of fused-ring (bicyclic) bond motifs is 1. The van der Waals surface area contributed by atoms with Crippen LogP contribution >= 0.6 is 11.8 Å². The molecule has 1 heterocycles. The second kappa shape index (κ2) is 7.28. The van der Waals surface area contributed by atoms with Crippen molar-refractivity contribution in [3.05, 3.63) is 140 Å². The summed E-state index contributed by atoms with van der Waals surface area (Å²) in [5.41, 5.74) is 50.0. The number of thioether (sulfide) groups is 1. The minimum absolute atomic E-state index is 0.00420. The number of rotatable bonds is 0. The summed E-state index contributed by atoms with van der Waals surface area (Å²) >= 11 is 2.64. The first-order valence-corrected chi connectivity index (χ1v) is 31.6. The maximum absolute atomic E-state index is 2.80. The fourth-order valence-corrected chi connectivity index (χ4v) is 35.5. The van der Waals surface area contributed by atoms with Crippen molar-refractivity contribution >= 4 is 97.9 Å². The predicted octanol–water partition coefficient (Wildman–Crippen LogP) is 17.1. The van der Waals surface area contributed by atoms with E-state index in [4.69, 9.17) is 0 Å². The fraction of sp³-hybridized carbons (Fsp3) is 0.405. The maximum Gasteiger partial charge on any atom is 0.0645 e. The van der Waals surface area contributed by atoms with Gasteiger partial charge in [0.2, 0.25) is 0 Å². The quantitative estimate of drug-likeness (QED) is 0.137. The molecule has 11 aromatic rings. The van der Waals surface area contributed by atoms with Crippen molar-refractivity contribution in [3.63, 3.8) is 0 Å². The topological polar surface area (TPSA) is 0 Å². The Balaban J connectivity index is 0.997. The van der Waals surface area contributed by atoms with Gasteiger partial charge in [-0.25, -0.2) is 0 Å². The molecule has 1 fully saturated rings. The summed E-state index contributed by atoms with van der Waals surface area (Å²) in [5, 5.41) is 30.8. The van der Waals surface area contributed by atoms with E-state index in [-0.39, 0.29) is 21.0 Å². The molecule has 34 rings (SSSR count). The second-order valence-corrected chi connectivity index (χ2v) is 34.7. The molecule has 0 radical (unpaired) electrons. The maximum atomic E-state index is 2.80. The van der Waals surface area contributed by atoms with E-state index in [1.54, 1.807) is 16.0 Å². The zero-order chi connectivity index (χ0) is 45.9. The van der Waals surface area contributed by atoms with E-state index in [0.717, 1.165) is 0 Å². The van der Waals surface area contributed by atoms with E-state index < -0.39 is 0 Å². The predicted molar refractivity (Wildman–Crippen MR) is 294 cm³/mol. The summed E-state index contributed by atoms with van der Waals surface area (Å²) in [5.74, 6) is 13.0. The molecule has 11 aromatic carbocycles. The lowest BCUT2D eigenvalue weighted by atomic mass is 9.39. The lowest BCUT2D eigenvalue weighted by Gasteiger charge is -2.65. The molecular formula is C74H40S. The smallest absolute Gasteiger partial charge is 0.0645 e. The van der Waals surface area contributed by atoms with E-state index in [9.17, 15) is 0 Å². The van der Waals surface area contributed by atoms with Crippen molar-refractivity contribution in [1.82, 2.24) is 0 Å². The van der Waals surface area contributed by atoms with Crippen molar-refractivity contribution in [2.75, 3.05) is 0 Å². The molecular weight excluding hydrogens is 921 g/mol. The van der Waals surface area contributed by atoms with Gasteiger partial charge < -0.3 is 0 Å². The Morgan fingerprint density at radius 3 is 0.973 bits per heavy atom. The fourth-order valence-electron chi connectivity index (χ4n) is 33.1. The minimum Gasteiger partial charge on any atom is -0.112 e. The van der Waals surface area contributed by atoms with Crippen LogP contribution in [0.5, 0.6) is 0 Å². The van der Waals surface area contributed by atoms with Gasteiger partial charge >= 0.3 is 0 Å². The lowest BCUT2D eigenvalue weighted by molar-refractivity contribution is 0.0334. The van der Waals surface area contributed by atoms with E-state index >= 15 is 0 Å². The van der Waals surface area contributed by atoms with Crippen molar-refractivity contribution in [3.8, 4) is 11.1 Å². The molecule has 0 bridgehead atoms. The zero-order valence-corrected chi connectivity index (χ0v) is 42.9. The first-order chi connectivity index (χ1) is 36.7. The average molecular weight is 961 g/mol. The molecule has 22 atom stereocenters. The average Bonchev–Trinajstić information content (AvgIpc) is 3.45. The molecule has 1 saturated carbocycles. The van der Waals surface area contributed by atoms with Crippen LogP contribution in [0, 0.1) is 11.8 Å². The summed E-state index contributed by atoms with van der Waals surface area (Å²) in [6.45, 7) is 15.8. The number of benzene rings is 10. The van der Waals surface area contributed by atoms with Gasteiger partial charge in [-0.3, -0.25) is 0 Å². The third-order valence-electron chi connectivity index (χ3n) is 31.9. The molecule has 1 heteroatoms. The molecule has 23 aliphatic rings. The Bertz CT molecular complexity index is 5700. The Labute approximate surface area is 432 Å². The summed E-state index contributed by atoms with van der Waals surface area (Å²) in [6.07, 6.45) is 0. The van der Waals surface area contributed by atoms with Crippen molar-refractivity contribution in [2.45, 2.75) is 174 Å². The summed E-state index contributed by atoms with van der Waals surface area (Å²) in [4.78, 5) is 1.80. The van der Waals surface area contributed by atoms with Crippen LogP contribution in [-0.4, -0.2) is 0 Å². The summed E-state index contributed by atoms with van der Waals surface area (Å²) in [7, 11) is 0. The van der Waals surface area contributed by atoms with Gasteiger partial charge in [0.05, 0.1) is 4.75 Å². The van der Waals surface area contributed by atoms with Gasteiger partial charge in [-0.2, -0.15) is 0 Å². The Kier molecular flexibility index (Phi) is 3.08. The van der Waals surface area contributed by atoms with Gasteiger partial charge in [-0.05, 0) is 354 Å². The molecule has 2 spiro atoms.